The minimum absolute atomic E-state index is 0.148. The monoisotopic (exact) mass is 192 g/mol. The number of fused-ring (bicyclic) bond motifs is 1. The number of nitrogens with one attached hydrogen (secondary N) is 1. The van der Waals surface area contributed by atoms with Crippen LogP contribution in [0.25, 0.3) is 4.96 Å². The van der Waals surface area contributed by atoms with Crippen molar-refractivity contribution < 1.29 is 8.78 Å². The van der Waals surface area contributed by atoms with Crippen LogP contribution in [0.3, 0.4) is 0 Å². The van der Waals surface area contributed by atoms with Crippen molar-refractivity contribution in [1.29, 1.82) is 0 Å². The summed E-state index contributed by atoms with van der Waals surface area (Å²) in [7, 11) is 0. The predicted molar refractivity (Wildman–Crippen MR) is 36.4 cm³/mol. The molecule has 1 N–H and O–H groups in total. The number of rotatable bonds is 1. The van der Waals surface area contributed by atoms with Crippen molar-refractivity contribution in [3.8, 4) is 0 Å². The normalized spacial score (nSPS) is 11.6. The predicted octanol–water partition coefficient (Wildman–Crippen LogP) is 0.417. The summed E-state index contributed by atoms with van der Waals surface area (Å²) in [4.78, 5) is 10.4. The summed E-state index contributed by atoms with van der Waals surface area (Å²) in [5, 5.41) is 8.74. The maximum absolute atomic E-state index is 12.1. The van der Waals surface area contributed by atoms with Crippen molar-refractivity contribution in [2.45, 2.75) is 6.43 Å². The number of H-pyrrole nitrogens is 1. The molecule has 0 atom stereocenters. The number of hydrogen-bond donors (Lipinski definition) is 1. The molecule has 0 spiro atoms. The van der Waals surface area contributed by atoms with E-state index < -0.39 is 17.1 Å². The highest BCUT2D eigenvalue weighted by Gasteiger charge is 2.17. The standard InChI is InChI=1S/C4H2F2N4OS/c5-1(6)2-7-8-3-10(2)9-4(11)12-3/h1H,(H,9,11). The van der Waals surface area contributed by atoms with Gasteiger partial charge in [-0.25, -0.2) is 18.4 Å². The molecule has 0 radical (unpaired) electrons. The number of halogens is 2. The lowest BCUT2D eigenvalue weighted by Gasteiger charge is -1.90. The molecular weight excluding hydrogens is 190 g/mol. The van der Waals surface area contributed by atoms with Crippen molar-refractivity contribution in [3.63, 3.8) is 0 Å². The number of hydrogen-bond acceptors (Lipinski definition) is 4. The molecule has 0 aliphatic heterocycles. The van der Waals surface area contributed by atoms with E-state index in [1.165, 1.54) is 0 Å². The zero-order valence-corrected chi connectivity index (χ0v) is 6.31. The zero-order chi connectivity index (χ0) is 8.72. The number of aromatic amines is 1. The molecule has 0 unspecified atom stereocenters. The molecule has 0 saturated carbocycles. The van der Waals surface area contributed by atoms with Crippen LogP contribution in [0.1, 0.15) is 12.2 Å². The molecular formula is C4H2F2N4OS. The molecule has 0 saturated heterocycles. The first-order valence-corrected chi connectivity index (χ1v) is 3.72. The Balaban J connectivity index is 2.76. The number of alkyl halides is 2. The first-order valence-electron chi connectivity index (χ1n) is 2.91. The van der Waals surface area contributed by atoms with Gasteiger partial charge in [0.25, 0.3) is 6.43 Å². The van der Waals surface area contributed by atoms with Crippen LogP contribution in [0.5, 0.6) is 0 Å². The molecule has 0 fully saturated rings. The Morgan fingerprint density at radius 1 is 1.50 bits per heavy atom. The lowest BCUT2D eigenvalue weighted by Crippen LogP contribution is -2.02. The van der Waals surface area contributed by atoms with E-state index in [-0.39, 0.29) is 4.96 Å². The quantitative estimate of drug-likeness (QED) is 0.712. The summed E-state index contributed by atoms with van der Waals surface area (Å²) in [6.07, 6.45) is -2.73. The van der Waals surface area contributed by atoms with E-state index in [0.717, 1.165) is 15.9 Å². The Labute approximate surface area is 67.6 Å². The zero-order valence-electron chi connectivity index (χ0n) is 5.49. The molecule has 0 amide bonds. The molecule has 2 heterocycles. The average Bonchev–Trinajstić information content (AvgIpc) is 2.43. The summed E-state index contributed by atoms with van der Waals surface area (Å²) in [6.45, 7) is 0. The molecule has 64 valence electrons. The highest BCUT2D eigenvalue weighted by atomic mass is 32.1. The molecule has 2 aromatic rings. The van der Waals surface area contributed by atoms with Crippen molar-refractivity contribution in [3.05, 3.63) is 15.5 Å². The van der Waals surface area contributed by atoms with Crippen molar-refractivity contribution in [2.75, 3.05) is 0 Å². The maximum Gasteiger partial charge on any atom is 0.322 e. The average molecular weight is 192 g/mol. The van der Waals surface area contributed by atoms with Crippen LogP contribution < -0.4 is 4.87 Å². The third-order valence-corrected chi connectivity index (χ3v) is 1.96. The van der Waals surface area contributed by atoms with Gasteiger partial charge in [-0.3, -0.25) is 4.79 Å². The van der Waals surface area contributed by atoms with E-state index >= 15 is 0 Å². The molecule has 2 aromatic heterocycles. The largest absolute Gasteiger partial charge is 0.322 e. The van der Waals surface area contributed by atoms with Gasteiger partial charge < -0.3 is 0 Å². The van der Waals surface area contributed by atoms with E-state index in [1.54, 1.807) is 0 Å². The van der Waals surface area contributed by atoms with E-state index in [9.17, 15) is 13.6 Å². The summed E-state index contributed by atoms with van der Waals surface area (Å²) < 4.78 is 25.1. The summed E-state index contributed by atoms with van der Waals surface area (Å²) in [6, 6.07) is 0. The van der Waals surface area contributed by atoms with Gasteiger partial charge in [-0.15, -0.1) is 10.2 Å². The van der Waals surface area contributed by atoms with Gasteiger partial charge >= 0.3 is 4.87 Å². The van der Waals surface area contributed by atoms with Gasteiger partial charge in [-0.2, -0.15) is 0 Å². The smallest absolute Gasteiger partial charge is 0.255 e. The van der Waals surface area contributed by atoms with Gasteiger partial charge in [-0.05, 0) is 11.3 Å². The molecule has 12 heavy (non-hydrogen) atoms. The van der Waals surface area contributed by atoms with E-state index in [1.807, 2.05) is 0 Å². The fraction of sp³-hybridized carbons (Fsp3) is 0.250. The maximum atomic E-state index is 12.1. The lowest BCUT2D eigenvalue weighted by atomic mass is 10.7. The van der Waals surface area contributed by atoms with E-state index in [2.05, 4.69) is 15.3 Å². The van der Waals surface area contributed by atoms with Crippen LogP contribution in [0, 0.1) is 0 Å². The minimum Gasteiger partial charge on any atom is -0.255 e. The van der Waals surface area contributed by atoms with E-state index in [0.29, 0.717) is 0 Å². The second-order valence-electron chi connectivity index (χ2n) is 1.98. The van der Waals surface area contributed by atoms with Gasteiger partial charge in [0, 0.05) is 0 Å². The highest BCUT2D eigenvalue weighted by Crippen LogP contribution is 2.16. The second kappa shape index (κ2) is 2.34. The SMILES string of the molecule is O=c1[nH]n2c(C(F)F)nnc2s1. The van der Waals surface area contributed by atoms with Gasteiger partial charge in [0.05, 0.1) is 0 Å². The van der Waals surface area contributed by atoms with Crippen LogP contribution in [-0.4, -0.2) is 19.8 Å². The highest BCUT2D eigenvalue weighted by molar-refractivity contribution is 7.14. The van der Waals surface area contributed by atoms with Crippen LogP contribution >= 0.6 is 11.3 Å². The molecule has 5 nitrogen and oxygen atoms in total. The van der Waals surface area contributed by atoms with Crippen LogP contribution in [-0.2, 0) is 0 Å². The van der Waals surface area contributed by atoms with Crippen molar-refractivity contribution in [2.24, 2.45) is 0 Å². The molecule has 2 rings (SSSR count). The molecule has 0 aliphatic rings. The topological polar surface area (TPSA) is 63.0 Å². The summed E-state index contributed by atoms with van der Waals surface area (Å²) >= 11 is 0.735. The summed E-state index contributed by atoms with van der Waals surface area (Å²) in [5.74, 6) is -0.539. The molecule has 0 bridgehead atoms. The Morgan fingerprint density at radius 2 is 2.25 bits per heavy atom. The Kier molecular flexibility index (Phi) is 1.43. The van der Waals surface area contributed by atoms with Crippen LogP contribution in [0.2, 0.25) is 0 Å². The Hall–Kier alpha value is -1.31. The van der Waals surface area contributed by atoms with Gasteiger partial charge in [-0.1, -0.05) is 0 Å². The first kappa shape index (κ1) is 7.35. The van der Waals surface area contributed by atoms with Crippen molar-refractivity contribution >= 4 is 16.3 Å². The fourth-order valence-corrected chi connectivity index (χ4v) is 1.41. The Bertz CT molecular complexity index is 457. The van der Waals surface area contributed by atoms with E-state index in [4.69, 9.17) is 0 Å². The first-order chi connectivity index (χ1) is 5.68. The molecule has 8 heteroatoms. The third kappa shape index (κ3) is 0.916. The lowest BCUT2D eigenvalue weighted by molar-refractivity contribution is 0.137. The third-order valence-electron chi connectivity index (χ3n) is 1.24. The van der Waals surface area contributed by atoms with Gasteiger partial charge in [0.2, 0.25) is 10.8 Å². The van der Waals surface area contributed by atoms with Crippen LogP contribution in [0.4, 0.5) is 8.78 Å². The molecule has 0 aromatic carbocycles. The summed E-state index contributed by atoms with van der Waals surface area (Å²) in [5.41, 5.74) is 0. The fourth-order valence-electron chi connectivity index (χ4n) is 0.791. The minimum atomic E-state index is -2.73. The van der Waals surface area contributed by atoms with Gasteiger partial charge in [0.1, 0.15) is 0 Å². The number of aromatic nitrogens is 4. The van der Waals surface area contributed by atoms with Gasteiger partial charge in [0.15, 0.2) is 0 Å². The second-order valence-corrected chi connectivity index (χ2v) is 2.92. The van der Waals surface area contributed by atoms with Crippen molar-refractivity contribution in [1.82, 2.24) is 19.8 Å². The Morgan fingerprint density at radius 3 is 2.92 bits per heavy atom. The molecule has 0 aliphatic carbocycles. The number of nitrogens with zero attached hydrogens (tertiary/aromatic N) is 3. The van der Waals surface area contributed by atoms with Crippen LogP contribution in [0.15, 0.2) is 4.79 Å².